The highest BCUT2D eigenvalue weighted by Crippen LogP contribution is 2.62. The Morgan fingerprint density at radius 1 is 1.12 bits per heavy atom. The van der Waals surface area contributed by atoms with Gasteiger partial charge in [-0.1, -0.05) is 57.0 Å². The molecule has 1 nitrogen and oxygen atoms in total. The number of hydrogen-bond donors (Lipinski definition) is 1. The van der Waals surface area contributed by atoms with Crippen molar-refractivity contribution >= 4 is 23.2 Å². The summed E-state index contributed by atoms with van der Waals surface area (Å²) in [6, 6.07) is 6.21. The van der Waals surface area contributed by atoms with Gasteiger partial charge in [-0.3, -0.25) is 0 Å². The van der Waals surface area contributed by atoms with E-state index in [0.717, 1.165) is 17.1 Å². The fraction of sp³-hybridized carbons (Fsp3) is 0.571. The molecule has 0 amide bonds. The topological polar surface area (TPSA) is 12.0 Å². The largest absolute Gasteiger partial charge is 0.309 e. The summed E-state index contributed by atoms with van der Waals surface area (Å²) >= 11 is 12.0. The van der Waals surface area contributed by atoms with Crippen LogP contribution in [-0.4, -0.2) is 6.04 Å². The number of benzene rings is 1. The first-order valence-corrected chi connectivity index (χ1v) is 6.70. The Labute approximate surface area is 114 Å². The molecule has 0 spiro atoms. The van der Waals surface area contributed by atoms with Crippen LogP contribution < -0.4 is 5.32 Å². The van der Waals surface area contributed by atoms with Crippen molar-refractivity contribution in [3.63, 3.8) is 0 Å². The van der Waals surface area contributed by atoms with Crippen LogP contribution in [0.2, 0.25) is 10.0 Å². The highest BCUT2D eigenvalue weighted by Gasteiger charge is 2.64. The van der Waals surface area contributed by atoms with Crippen LogP contribution >= 0.6 is 23.2 Å². The van der Waals surface area contributed by atoms with Crippen LogP contribution in [0, 0.1) is 10.8 Å². The SMILES string of the molecule is CC1(C)C(NCc2ccc(Cl)cc2Cl)C1(C)C. The summed E-state index contributed by atoms with van der Waals surface area (Å²) in [5.41, 5.74) is 1.81. The molecule has 0 atom stereocenters. The zero-order valence-corrected chi connectivity index (χ0v) is 12.3. The fourth-order valence-corrected chi connectivity index (χ4v) is 3.06. The Balaban J connectivity index is 2.00. The molecule has 0 unspecified atom stereocenters. The third-order valence-corrected chi connectivity index (χ3v) is 5.12. The summed E-state index contributed by atoms with van der Waals surface area (Å²) in [7, 11) is 0. The lowest BCUT2D eigenvalue weighted by Crippen LogP contribution is -2.21. The van der Waals surface area contributed by atoms with Crippen molar-refractivity contribution in [1.29, 1.82) is 0 Å². The maximum absolute atomic E-state index is 6.15. The van der Waals surface area contributed by atoms with E-state index in [1.807, 2.05) is 12.1 Å². The molecule has 17 heavy (non-hydrogen) atoms. The van der Waals surface area contributed by atoms with Gasteiger partial charge in [0.2, 0.25) is 0 Å². The summed E-state index contributed by atoms with van der Waals surface area (Å²) < 4.78 is 0. The number of hydrogen-bond acceptors (Lipinski definition) is 1. The van der Waals surface area contributed by atoms with Crippen LogP contribution in [0.15, 0.2) is 18.2 Å². The summed E-state index contributed by atoms with van der Waals surface area (Å²) in [6.45, 7) is 10.00. The molecule has 0 bridgehead atoms. The monoisotopic (exact) mass is 271 g/mol. The summed E-state index contributed by atoms with van der Waals surface area (Å²) in [5.74, 6) is 0. The smallest absolute Gasteiger partial charge is 0.0465 e. The molecule has 1 aliphatic carbocycles. The molecule has 2 rings (SSSR count). The van der Waals surface area contributed by atoms with E-state index < -0.39 is 0 Å². The van der Waals surface area contributed by atoms with E-state index in [0.29, 0.717) is 21.9 Å². The van der Waals surface area contributed by atoms with Crippen molar-refractivity contribution in [2.45, 2.75) is 40.3 Å². The minimum atomic E-state index is 0.353. The first kappa shape index (κ1) is 13.2. The Kier molecular flexibility index (Phi) is 3.22. The molecule has 1 aromatic rings. The first-order chi connectivity index (χ1) is 7.76. The molecule has 0 radical (unpaired) electrons. The number of halogens is 2. The van der Waals surface area contributed by atoms with Gasteiger partial charge in [-0.15, -0.1) is 0 Å². The second kappa shape index (κ2) is 4.15. The average Bonchev–Trinajstić information content (AvgIpc) is 2.58. The molecule has 3 heteroatoms. The van der Waals surface area contributed by atoms with Gasteiger partial charge in [-0.25, -0.2) is 0 Å². The molecule has 1 saturated carbocycles. The highest BCUT2D eigenvalue weighted by molar-refractivity contribution is 6.35. The average molecular weight is 272 g/mol. The lowest BCUT2D eigenvalue weighted by Gasteiger charge is -2.08. The van der Waals surface area contributed by atoms with E-state index in [1.54, 1.807) is 6.07 Å². The van der Waals surface area contributed by atoms with Gasteiger partial charge in [0.1, 0.15) is 0 Å². The third kappa shape index (κ3) is 2.21. The van der Waals surface area contributed by atoms with Crippen molar-refractivity contribution in [3.8, 4) is 0 Å². The Hall–Kier alpha value is -0.240. The molecule has 94 valence electrons. The van der Waals surface area contributed by atoms with Crippen molar-refractivity contribution < 1.29 is 0 Å². The molecule has 1 fully saturated rings. The highest BCUT2D eigenvalue weighted by atomic mass is 35.5. The van der Waals surface area contributed by atoms with E-state index in [-0.39, 0.29) is 0 Å². The van der Waals surface area contributed by atoms with E-state index >= 15 is 0 Å². The van der Waals surface area contributed by atoms with Gasteiger partial charge in [0.25, 0.3) is 0 Å². The molecular weight excluding hydrogens is 253 g/mol. The summed E-state index contributed by atoms with van der Waals surface area (Å²) in [5, 5.41) is 5.01. The third-order valence-electron chi connectivity index (χ3n) is 4.53. The van der Waals surface area contributed by atoms with Crippen LogP contribution in [-0.2, 0) is 6.54 Å². The summed E-state index contributed by atoms with van der Waals surface area (Å²) in [6.07, 6.45) is 0. The fourth-order valence-electron chi connectivity index (χ4n) is 2.58. The normalized spacial score (nSPS) is 21.5. The van der Waals surface area contributed by atoms with E-state index in [9.17, 15) is 0 Å². The lowest BCUT2D eigenvalue weighted by molar-refractivity contribution is 0.457. The Morgan fingerprint density at radius 3 is 2.18 bits per heavy atom. The molecule has 0 heterocycles. The predicted octanol–water partition coefficient (Wildman–Crippen LogP) is 4.52. The molecule has 1 aliphatic rings. The lowest BCUT2D eigenvalue weighted by atomic mass is 10.0. The van der Waals surface area contributed by atoms with E-state index in [4.69, 9.17) is 23.2 Å². The zero-order chi connectivity index (χ0) is 12.8. The van der Waals surface area contributed by atoms with Gasteiger partial charge >= 0.3 is 0 Å². The van der Waals surface area contributed by atoms with Crippen LogP contribution in [0.5, 0.6) is 0 Å². The van der Waals surface area contributed by atoms with Crippen LogP contribution in [0.4, 0.5) is 0 Å². The standard InChI is InChI=1S/C14H19Cl2N/c1-13(2)12(14(13,3)4)17-8-9-5-6-10(15)7-11(9)16/h5-7,12,17H,8H2,1-4H3. The quantitative estimate of drug-likeness (QED) is 0.853. The summed E-state index contributed by atoms with van der Waals surface area (Å²) in [4.78, 5) is 0. The van der Waals surface area contributed by atoms with Crippen LogP contribution in [0.1, 0.15) is 33.3 Å². The number of rotatable bonds is 3. The van der Waals surface area contributed by atoms with Gasteiger partial charge in [0.15, 0.2) is 0 Å². The minimum absolute atomic E-state index is 0.353. The maximum atomic E-state index is 6.15. The van der Waals surface area contributed by atoms with E-state index in [1.165, 1.54) is 0 Å². The minimum Gasteiger partial charge on any atom is -0.309 e. The van der Waals surface area contributed by atoms with Crippen LogP contribution in [0.3, 0.4) is 0 Å². The second-order valence-electron chi connectivity index (χ2n) is 5.99. The molecule has 0 aliphatic heterocycles. The molecule has 0 saturated heterocycles. The van der Waals surface area contributed by atoms with Gasteiger partial charge < -0.3 is 5.32 Å². The second-order valence-corrected chi connectivity index (χ2v) is 6.84. The van der Waals surface area contributed by atoms with Crippen LogP contribution in [0.25, 0.3) is 0 Å². The molecule has 1 aromatic carbocycles. The maximum Gasteiger partial charge on any atom is 0.0465 e. The predicted molar refractivity (Wildman–Crippen MR) is 74.7 cm³/mol. The first-order valence-electron chi connectivity index (χ1n) is 5.94. The van der Waals surface area contributed by atoms with Crippen molar-refractivity contribution in [1.82, 2.24) is 5.32 Å². The van der Waals surface area contributed by atoms with Crippen molar-refractivity contribution in [2.24, 2.45) is 10.8 Å². The molecule has 0 aromatic heterocycles. The Morgan fingerprint density at radius 2 is 1.71 bits per heavy atom. The van der Waals surface area contributed by atoms with Crippen molar-refractivity contribution in [2.75, 3.05) is 0 Å². The van der Waals surface area contributed by atoms with Crippen molar-refractivity contribution in [3.05, 3.63) is 33.8 Å². The van der Waals surface area contributed by atoms with Gasteiger partial charge in [-0.2, -0.15) is 0 Å². The molecular formula is C14H19Cl2N. The Bertz CT molecular complexity index is 424. The number of nitrogens with one attached hydrogen (secondary N) is 1. The van der Waals surface area contributed by atoms with Gasteiger partial charge in [-0.05, 0) is 28.5 Å². The zero-order valence-electron chi connectivity index (χ0n) is 10.8. The van der Waals surface area contributed by atoms with E-state index in [2.05, 4.69) is 33.0 Å². The van der Waals surface area contributed by atoms with Gasteiger partial charge in [0.05, 0.1) is 0 Å². The molecule has 1 N–H and O–H groups in total. The van der Waals surface area contributed by atoms with Gasteiger partial charge in [0, 0.05) is 22.6 Å².